The summed E-state index contributed by atoms with van der Waals surface area (Å²) in [6, 6.07) is 1.80. The quantitative estimate of drug-likeness (QED) is 0.774. The van der Waals surface area contributed by atoms with E-state index in [0.29, 0.717) is 5.69 Å². The van der Waals surface area contributed by atoms with Crippen molar-refractivity contribution in [3.8, 4) is 22.9 Å². The molecule has 0 bridgehead atoms. The number of carbonyl (C=O) groups excluding carboxylic acids is 2. The lowest BCUT2D eigenvalue weighted by atomic mass is 10.3. The summed E-state index contributed by atoms with van der Waals surface area (Å²) < 4.78 is 4.99. The van der Waals surface area contributed by atoms with Gasteiger partial charge in [-0.05, 0) is 6.07 Å². The number of carbonyl (C=O) groups is 2. The van der Waals surface area contributed by atoms with Crippen LogP contribution in [0.2, 0.25) is 0 Å². The van der Waals surface area contributed by atoms with Crippen molar-refractivity contribution < 1.29 is 14.0 Å². The van der Waals surface area contributed by atoms with E-state index in [4.69, 9.17) is 10.8 Å². The van der Waals surface area contributed by atoms with Crippen LogP contribution in [-0.4, -0.2) is 29.9 Å². The van der Waals surface area contributed by atoms with Gasteiger partial charge in [0.2, 0.25) is 11.8 Å². The summed E-state index contributed by atoms with van der Waals surface area (Å²) in [5.74, 6) is 1.69. The second-order valence-electron chi connectivity index (χ2n) is 4.09. The molecular weight excluding hydrogens is 290 g/mol. The van der Waals surface area contributed by atoms with Crippen LogP contribution in [0.15, 0.2) is 28.4 Å². The molecule has 0 unspecified atom stereocenters. The van der Waals surface area contributed by atoms with Gasteiger partial charge in [-0.2, -0.15) is 0 Å². The van der Waals surface area contributed by atoms with E-state index in [2.05, 4.69) is 21.5 Å². The Hall–Kier alpha value is -2.59. The first-order chi connectivity index (χ1) is 10.2. The fraction of sp³-hybridized carbons (Fsp3) is 0.214. The molecule has 2 amide bonds. The second kappa shape index (κ2) is 7.26. The van der Waals surface area contributed by atoms with E-state index in [1.54, 1.807) is 24.0 Å². The zero-order chi connectivity index (χ0) is 15.1. The molecule has 108 valence electrons. The molecule has 0 aromatic carbocycles. The lowest BCUT2D eigenvalue weighted by Gasteiger charge is -2.03. The number of hydrogen-bond acceptors (Lipinski definition) is 5. The third-order valence-electron chi connectivity index (χ3n) is 2.50. The minimum Gasteiger partial charge on any atom is -0.472 e. The van der Waals surface area contributed by atoms with E-state index in [0.717, 1.165) is 10.6 Å². The first kappa shape index (κ1) is 14.8. The van der Waals surface area contributed by atoms with Crippen LogP contribution >= 0.6 is 11.3 Å². The lowest BCUT2D eigenvalue weighted by molar-refractivity contribution is -0.125. The van der Waals surface area contributed by atoms with E-state index < -0.39 is 0 Å². The highest BCUT2D eigenvalue weighted by Crippen LogP contribution is 2.23. The van der Waals surface area contributed by atoms with Crippen LogP contribution in [0, 0.1) is 12.3 Å². The number of thiazole rings is 1. The predicted molar refractivity (Wildman–Crippen MR) is 78.4 cm³/mol. The summed E-state index contributed by atoms with van der Waals surface area (Å²) in [6.07, 6.45) is 8.30. The van der Waals surface area contributed by atoms with Gasteiger partial charge in [0, 0.05) is 10.9 Å². The molecule has 0 aliphatic heterocycles. The van der Waals surface area contributed by atoms with Crippen molar-refractivity contribution in [2.24, 2.45) is 0 Å². The average molecular weight is 303 g/mol. The number of hydrogen-bond donors (Lipinski definition) is 2. The molecule has 6 nitrogen and oxygen atoms in total. The summed E-state index contributed by atoms with van der Waals surface area (Å²) in [7, 11) is 0. The Labute approximate surface area is 125 Å². The zero-order valence-corrected chi connectivity index (χ0v) is 11.9. The first-order valence-electron chi connectivity index (χ1n) is 6.13. The Bertz CT molecular complexity index is 655. The van der Waals surface area contributed by atoms with Crippen LogP contribution in [-0.2, 0) is 16.0 Å². The predicted octanol–water partition coefficient (Wildman–Crippen LogP) is 0.811. The summed E-state index contributed by atoms with van der Waals surface area (Å²) in [4.78, 5) is 27.3. The average Bonchev–Trinajstić information content (AvgIpc) is 3.13. The molecule has 2 aromatic rings. The maximum absolute atomic E-state index is 11.7. The molecule has 0 radical (unpaired) electrons. The number of terminal acetylenes is 1. The molecular formula is C14H13N3O3S. The van der Waals surface area contributed by atoms with Crippen molar-refractivity contribution in [1.29, 1.82) is 0 Å². The van der Waals surface area contributed by atoms with Crippen LogP contribution in [0.25, 0.3) is 10.6 Å². The third kappa shape index (κ3) is 4.47. The fourth-order valence-electron chi connectivity index (χ4n) is 1.52. The normalized spacial score (nSPS) is 9.86. The molecule has 21 heavy (non-hydrogen) atoms. The Balaban J connectivity index is 1.81. The summed E-state index contributed by atoms with van der Waals surface area (Å²) >= 11 is 1.43. The number of amides is 2. The van der Waals surface area contributed by atoms with Crippen LogP contribution in [0.4, 0.5) is 0 Å². The number of rotatable bonds is 6. The van der Waals surface area contributed by atoms with Gasteiger partial charge in [-0.25, -0.2) is 4.98 Å². The Morgan fingerprint density at radius 3 is 2.95 bits per heavy atom. The first-order valence-corrected chi connectivity index (χ1v) is 7.01. The van der Waals surface area contributed by atoms with Gasteiger partial charge in [-0.3, -0.25) is 9.59 Å². The molecule has 0 aliphatic carbocycles. The monoisotopic (exact) mass is 303 g/mol. The Morgan fingerprint density at radius 2 is 2.24 bits per heavy atom. The van der Waals surface area contributed by atoms with E-state index in [1.165, 1.54) is 11.3 Å². The highest BCUT2D eigenvalue weighted by molar-refractivity contribution is 7.13. The molecule has 0 fully saturated rings. The minimum absolute atomic E-state index is 0.0980. The van der Waals surface area contributed by atoms with Crippen molar-refractivity contribution in [3.05, 3.63) is 29.7 Å². The maximum Gasteiger partial charge on any atom is 0.240 e. The van der Waals surface area contributed by atoms with Crippen LogP contribution in [0.3, 0.4) is 0 Å². The number of nitrogens with zero attached hydrogens (tertiary/aromatic N) is 1. The largest absolute Gasteiger partial charge is 0.472 e. The summed E-state index contributed by atoms with van der Waals surface area (Å²) in [5, 5.41) is 7.57. The fourth-order valence-corrected chi connectivity index (χ4v) is 2.33. The number of furan rings is 1. The highest BCUT2D eigenvalue weighted by Gasteiger charge is 2.10. The molecule has 0 spiro atoms. The van der Waals surface area contributed by atoms with E-state index in [1.807, 2.05) is 0 Å². The molecule has 0 aliphatic rings. The second-order valence-corrected chi connectivity index (χ2v) is 4.95. The Morgan fingerprint density at radius 1 is 1.38 bits per heavy atom. The van der Waals surface area contributed by atoms with E-state index >= 15 is 0 Å². The molecule has 2 rings (SSSR count). The van der Waals surface area contributed by atoms with Crippen molar-refractivity contribution in [2.45, 2.75) is 6.42 Å². The minimum atomic E-state index is -0.321. The van der Waals surface area contributed by atoms with Crippen molar-refractivity contribution in [2.75, 3.05) is 13.1 Å². The molecule has 2 N–H and O–H groups in total. The third-order valence-corrected chi connectivity index (χ3v) is 3.44. The van der Waals surface area contributed by atoms with Gasteiger partial charge in [-0.1, -0.05) is 5.92 Å². The van der Waals surface area contributed by atoms with Crippen LogP contribution < -0.4 is 10.6 Å². The van der Waals surface area contributed by atoms with E-state index in [9.17, 15) is 9.59 Å². The summed E-state index contributed by atoms with van der Waals surface area (Å²) in [5.41, 5.74) is 1.53. The molecule has 2 aromatic heterocycles. The maximum atomic E-state index is 11.7. The lowest BCUT2D eigenvalue weighted by Crippen LogP contribution is -2.37. The standard InChI is InChI=1S/C14H13N3O3S/c1-2-4-15-13(19)7-16-12(18)6-11-9-21-14(17-11)10-3-5-20-8-10/h1,3,5,8-9H,4,6-7H2,(H,15,19)(H,16,18). The molecule has 2 heterocycles. The Kier molecular flexibility index (Phi) is 5.12. The molecule has 0 saturated carbocycles. The van der Waals surface area contributed by atoms with Crippen LogP contribution in [0.1, 0.15) is 5.69 Å². The molecule has 0 atom stereocenters. The van der Waals surface area contributed by atoms with Gasteiger partial charge in [0.1, 0.15) is 11.3 Å². The highest BCUT2D eigenvalue weighted by atomic mass is 32.1. The van der Waals surface area contributed by atoms with Crippen molar-refractivity contribution >= 4 is 23.2 Å². The smallest absolute Gasteiger partial charge is 0.240 e. The van der Waals surface area contributed by atoms with Gasteiger partial charge >= 0.3 is 0 Å². The van der Waals surface area contributed by atoms with Gasteiger partial charge in [0.05, 0.1) is 31.5 Å². The van der Waals surface area contributed by atoms with Crippen LogP contribution in [0.5, 0.6) is 0 Å². The van der Waals surface area contributed by atoms with Gasteiger partial charge in [-0.15, -0.1) is 17.8 Å². The number of aromatic nitrogens is 1. The SMILES string of the molecule is C#CCNC(=O)CNC(=O)Cc1csc(-c2ccoc2)n1. The van der Waals surface area contributed by atoms with Gasteiger partial charge in [0.15, 0.2) is 0 Å². The molecule has 7 heteroatoms. The van der Waals surface area contributed by atoms with Crippen molar-refractivity contribution in [3.63, 3.8) is 0 Å². The number of nitrogens with one attached hydrogen (secondary N) is 2. The van der Waals surface area contributed by atoms with E-state index in [-0.39, 0.29) is 31.3 Å². The molecule has 0 saturated heterocycles. The topological polar surface area (TPSA) is 84.2 Å². The summed E-state index contributed by atoms with van der Waals surface area (Å²) in [6.45, 7) is 0.0497. The van der Waals surface area contributed by atoms with Gasteiger partial charge < -0.3 is 15.1 Å². The van der Waals surface area contributed by atoms with Gasteiger partial charge in [0.25, 0.3) is 0 Å². The zero-order valence-electron chi connectivity index (χ0n) is 11.1. The van der Waals surface area contributed by atoms with Crippen molar-refractivity contribution in [1.82, 2.24) is 15.6 Å².